The van der Waals surface area contributed by atoms with Crippen molar-refractivity contribution in [1.82, 2.24) is 4.98 Å². The van der Waals surface area contributed by atoms with Gasteiger partial charge in [0.25, 0.3) is 0 Å². The number of aliphatic hydroxyl groups excluding tert-OH is 1. The number of rotatable bonds is 2. The van der Waals surface area contributed by atoms with Gasteiger partial charge in [0.15, 0.2) is 0 Å². The monoisotopic (exact) mass is 379 g/mol. The molecule has 0 aliphatic rings. The van der Waals surface area contributed by atoms with E-state index < -0.39 is 6.10 Å². The molecule has 1 N–H and O–H groups in total. The zero-order valence-corrected chi connectivity index (χ0v) is 12.6. The number of aliphatic hydroxyl groups is 1. The number of nitrogens with zero attached hydrogens (tertiary/aromatic N) is 1. The molecule has 100 valence electrons. The Labute approximate surface area is 129 Å². The van der Waals surface area contributed by atoms with Crippen LogP contribution in [0.15, 0.2) is 54.9 Å². The van der Waals surface area contributed by atoms with Crippen LogP contribution < -0.4 is 0 Å². The second kappa shape index (κ2) is 5.46. The summed E-state index contributed by atoms with van der Waals surface area (Å²) in [5.74, 6) is -0.301. The summed E-state index contributed by atoms with van der Waals surface area (Å²) >= 11 is 2.04. The summed E-state index contributed by atoms with van der Waals surface area (Å²) in [5, 5.41) is 12.5. The van der Waals surface area contributed by atoms with E-state index in [1.165, 1.54) is 12.1 Å². The number of hydrogen-bond acceptors (Lipinski definition) is 2. The number of fused-ring (bicyclic) bond motifs is 1. The maximum Gasteiger partial charge on any atom is 0.124 e. The number of halogens is 2. The molecule has 0 spiro atoms. The van der Waals surface area contributed by atoms with Gasteiger partial charge in [0, 0.05) is 21.4 Å². The van der Waals surface area contributed by atoms with Crippen molar-refractivity contribution in [3.8, 4) is 0 Å². The van der Waals surface area contributed by atoms with Crippen LogP contribution >= 0.6 is 22.6 Å². The van der Waals surface area contributed by atoms with Gasteiger partial charge >= 0.3 is 0 Å². The number of pyridine rings is 1. The zero-order chi connectivity index (χ0) is 14.1. The molecule has 0 bridgehead atoms. The lowest BCUT2D eigenvalue weighted by Gasteiger charge is -2.15. The van der Waals surface area contributed by atoms with Crippen LogP contribution in [-0.4, -0.2) is 10.1 Å². The van der Waals surface area contributed by atoms with Crippen molar-refractivity contribution in [2.24, 2.45) is 0 Å². The Morgan fingerprint density at radius 2 is 1.95 bits per heavy atom. The van der Waals surface area contributed by atoms with Crippen LogP contribution in [0.4, 0.5) is 4.39 Å². The van der Waals surface area contributed by atoms with E-state index in [4.69, 9.17) is 0 Å². The fourth-order valence-electron chi connectivity index (χ4n) is 2.27. The first-order valence-corrected chi connectivity index (χ1v) is 7.20. The highest BCUT2D eigenvalue weighted by molar-refractivity contribution is 14.1. The minimum Gasteiger partial charge on any atom is -0.384 e. The van der Waals surface area contributed by atoms with Gasteiger partial charge in [0.2, 0.25) is 0 Å². The van der Waals surface area contributed by atoms with E-state index in [1.54, 1.807) is 18.5 Å². The molecular weight excluding hydrogens is 368 g/mol. The molecule has 2 aromatic carbocycles. The van der Waals surface area contributed by atoms with E-state index in [2.05, 4.69) is 4.98 Å². The van der Waals surface area contributed by atoms with E-state index in [1.807, 2.05) is 46.9 Å². The lowest BCUT2D eigenvalue weighted by atomic mass is 9.97. The molecule has 20 heavy (non-hydrogen) atoms. The summed E-state index contributed by atoms with van der Waals surface area (Å²) in [6.07, 6.45) is 2.67. The van der Waals surface area contributed by atoms with Crippen molar-refractivity contribution >= 4 is 33.4 Å². The predicted molar refractivity (Wildman–Crippen MR) is 84.9 cm³/mol. The topological polar surface area (TPSA) is 33.1 Å². The van der Waals surface area contributed by atoms with Gasteiger partial charge in [-0.15, -0.1) is 0 Å². The molecule has 1 atom stereocenters. The summed E-state index contributed by atoms with van der Waals surface area (Å²) in [5.41, 5.74) is 1.48. The number of aromatic nitrogens is 1. The van der Waals surface area contributed by atoms with Crippen molar-refractivity contribution < 1.29 is 9.50 Å². The molecule has 3 rings (SSSR count). The third-order valence-electron chi connectivity index (χ3n) is 3.27. The molecule has 1 unspecified atom stereocenters. The first kappa shape index (κ1) is 13.5. The molecule has 1 heterocycles. The minimum absolute atomic E-state index is 0.301. The van der Waals surface area contributed by atoms with E-state index in [-0.39, 0.29) is 5.82 Å². The quantitative estimate of drug-likeness (QED) is 0.682. The Hall–Kier alpha value is -1.53. The number of hydrogen-bond donors (Lipinski definition) is 1. The standard InChI is InChI=1S/C16H11FINO/c17-11-4-5-13(15(18)8-11)16(20)12-3-1-2-10-6-7-19-9-14(10)12/h1-9,16,20H. The molecule has 0 aliphatic heterocycles. The molecule has 3 aromatic rings. The molecule has 4 heteroatoms. The molecule has 1 aromatic heterocycles. The largest absolute Gasteiger partial charge is 0.384 e. The summed E-state index contributed by atoms with van der Waals surface area (Å²) < 4.78 is 13.9. The normalized spacial score (nSPS) is 12.6. The second-order valence-corrected chi connectivity index (χ2v) is 5.67. The van der Waals surface area contributed by atoms with Crippen LogP contribution in [0, 0.1) is 9.39 Å². The maximum atomic E-state index is 13.2. The molecule has 0 fully saturated rings. The Morgan fingerprint density at radius 3 is 2.75 bits per heavy atom. The minimum atomic E-state index is -0.796. The van der Waals surface area contributed by atoms with Crippen LogP contribution in [0.3, 0.4) is 0 Å². The molecular formula is C16H11FINO. The second-order valence-electron chi connectivity index (χ2n) is 4.51. The van der Waals surface area contributed by atoms with Gasteiger partial charge in [-0.3, -0.25) is 4.98 Å². The van der Waals surface area contributed by atoms with Crippen molar-refractivity contribution in [1.29, 1.82) is 0 Å². The van der Waals surface area contributed by atoms with Gasteiger partial charge in [0.1, 0.15) is 11.9 Å². The molecule has 0 aliphatic carbocycles. The van der Waals surface area contributed by atoms with E-state index in [0.29, 0.717) is 9.13 Å². The first-order chi connectivity index (χ1) is 9.66. The van der Waals surface area contributed by atoms with Crippen LogP contribution in [0.1, 0.15) is 17.2 Å². The maximum absolute atomic E-state index is 13.2. The third-order valence-corrected chi connectivity index (χ3v) is 4.20. The van der Waals surface area contributed by atoms with E-state index in [9.17, 15) is 9.50 Å². The van der Waals surface area contributed by atoms with E-state index >= 15 is 0 Å². The van der Waals surface area contributed by atoms with Gasteiger partial charge in [-0.05, 0) is 57.3 Å². The molecule has 0 amide bonds. The summed E-state index contributed by atoms with van der Waals surface area (Å²) in [4.78, 5) is 4.11. The van der Waals surface area contributed by atoms with Crippen LogP contribution in [0.5, 0.6) is 0 Å². The molecule has 2 nitrogen and oxygen atoms in total. The Morgan fingerprint density at radius 1 is 1.10 bits per heavy atom. The van der Waals surface area contributed by atoms with Gasteiger partial charge < -0.3 is 5.11 Å². The fourth-order valence-corrected chi connectivity index (χ4v) is 3.04. The molecule has 0 saturated carbocycles. The average molecular weight is 379 g/mol. The Balaban J connectivity index is 2.15. The number of benzene rings is 2. The van der Waals surface area contributed by atoms with Crippen molar-refractivity contribution in [2.75, 3.05) is 0 Å². The molecule has 0 radical (unpaired) electrons. The van der Waals surface area contributed by atoms with Crippen molar-refractivity contribution in [3.63, 3.8) is 0 Å². The first-order valence-electron chi connectivity index (χ1n) is 6.12. The Kier molecular flexibility index (Phi) is 3.67. The molecule has 0 saturated heterocycles. The third kappa shape index (κ3) is 2.41. The Bertz CT molecular complexity index is 770. The average Bonchev–Trinajstić information content (AvgIpc) is 2.46. The zero-order valence-electron chi connectivity index (χ0n) is 10.4. The highest BCUT2D eigenvalue weighted by Gasteiger charge is 2.16. The van der Waals surface area contributed by atoms with Crippen molar-refractivity contribution in [3.05, 3.63) is 75.4 Å². The van der Waals surface area contributed by atoms with Crippen LogP contribution in [0.2, 0.25) is 0 Å². The van der Waals surface area contributed by atoms with Gasteiger partial charge in [-0.2, -0.15) is 0 Å². The lowest BCUT2D eigenvalue weighted by Crippen LogP contribution is -2.03. The summed E-state index contributed by atoms with van der Waals surface area (Å²) in [6.45, 7) is 0. The fraction of sp³-hybridized carbons (Fsp3) is 0.0625. The summed E-state index contributed by atoms with van der Waals surface area (Å²) in [6, 6.07) is 12.1. The SMILES string of the molecule is OC(c1ccc(F)cc1I)c1cccc2ccncc12. The van der Waals surface area contributed by atoms with Gasteiger partial charge in [-0.1, -0.05) is 24.3 Å². The smallest absolute Gasteiger partial charge is 0.124 e. The van der Waals surface area contributed by atoms with Crippen LogP contribution in [-0.2, 0) is 0 Å². The van der Waals surface area contributed by atoms with Crippen LogP contribution in [0.25, 0.3) is 10.8 Å². The highest BCUT2D eigenvalue weighted by Crippen LogP contribution is 2.31. The highest BCUT2D eigenvalue weighted by atomic mass is 127. The lowest BCUT2D eigenvalue weighted by molar-refractivity contribution is 0.221. The predicted octanol–water partition coefficient (Wildman–Crippen LogP) is 4.06. The summed E-state index contributed by atoms with van der Waals surface area (Å²) in [7, 11) is 0. The van der Waals surface area contributed by atoms with E-state index in [0.717, 1.165) is 16.3 Å². The van der Waals surface area contributed by atoms with Gasteiger partial charge in [0.05, 0.1) is 0 Å². The van der Waals surface area contributed by atoms with Crippen molar-refractivity contribution in [2.45, 2.75) is 6.10 Å². The van der Waals surface area contributed by atoms with Gasteiger partial charge in [-0.25, -0.2) is 4.39 Å².